The second-order valence-corrected chi connectivity index (χ2v) is 9.07. The van der Waals surface area contributed by atoms with E-state index in [9.17, 15) is 4.79 Å². The minimum Gasteiger partial charge on any atom is -0.487 e. The van der Waals surface area contributed by atoms with E-state index in [2.05, 4.69) is 55.6 Å². The fraction of sp³-hybridized carbons (Fsp3) is 0.0385. The van der Waals surface area contributed by atoms with E-state index in [1.165, 1.54) is 0 Å². The highest BCUT2D eigenvalue weighted by atomic mass is 127. The van der Waals surface area contributed by atoms with Crippen LogP contribution < -0.4 is 10.2 Å². The molecule has 4 rings (SSSR count). The normalized spacial score (nSPS) is 11.0. The Morgan fingerprint density at radius 3 is 2.64 bits per heavy atom. The number of carbonyl (C=O) groups excluding carboxylic acids is 1. The topological polar surface area (TPSA) is 63.6 Å². The first kappa shape index (κ1) is 23.1. The lowest BCUT2D eigenvalue weighted by molar-refractivity contribution is 0.0956. The summed E-state index contributed by atoms with van der Waals surface area (Å²) >= 11 is 5.72. The van der Waals surface area contributed by atoms with Crippen molar-refractivity contribution in [3.05, 3.63) is 105 Å². The maximum Gasteiger partial charge on any atom is 0.272 e. The number of pyridine rings is 1. The van der Waals surface area contributed by atoms with Crippen molar-refractivity contribution in [2.24, 2.45) is 5.10 Å². The van der Waals surface area contributed by atoms with Gasteiger partial charge in [0.1, 0.15) is 12.4 Å². The number of carbonyl (C=O) groups is 1. The molecule has 0 fully saturated rings. The number of fused-ring (bicyclic) bond motifs is 1. The van der Waals surface area contributed by atoms with Crippen molar-refractivity contribution < 1.29 is 9.53 Å². The predicted octanol–water partition coefficient (Wildman–Crippen LogP) is 6.60. The lowest BCUT2D eigenvalue weighted by Crippen LogP contribution is -2.18. The van der Waals surface area contributed by atoms with Gasteiger partial charge >= 0.3 is 0 Å². The van der Waals surface area contributed by atoms with Crippen molar-refractivity contribution in [3.63, 3.8) is 0 Å². The number of hydrazone groups is 1. The van der Waals surface area contributed by atoms with Gasteiger partial charge in [-0.05, 0) is 68.3 Å². The van der Waals surface area contributed by atoms with Gasteiger partial charge in [-0.15, -0.1) is 0 Å². The van der Waals surface area contributed by atoms with Crippen molar-refractivity contribution >= 4 is 61.5 Å². The number of amides is 1. The zero-order chi connectivity index (χ0) is 23.2. The van der Waals surface area contributed by atoms with Crippen LogP contribution in [-0.2, 0) is 0 Å². The molecule has 0 atom stereocenters. The zero-order valence-corrected chi connectivity index (χ0v) is 21.2. The van der Waals surface area contributed by atoms with E-state index in [1.54, 1.807) is 18.4 Å². The number of halogens is 2. The van der Waals surface area contributed by atoms with E-state index in [-0.39, 0.29) is 5.91 Å². The number of benzene rings is 3. The third-order valence-corrected chi connectivity index (χ3v) is 6.17. The van der Waals surface area contributed by atoms with Crippen LogP contribution in [0, 0.1) is 3.57 Å². The van der Waals surface area contributed by atoms with Gasteiger partial charge in [0.2, 0.25) is 0 Å². The van der Waals surface area contributed by atoms with Gasteiger partial charge in [-0.2, -0.15) is 5.10 Å². The number of rotatable bonds is 7. The number of ether oxygens (including phenoxy) is 1. The molecular formula is C26H19BrIN3O2. The number of nitrogens with zero attached hydrogens (tertiary/aromatic N) is 2. The van der Waals surface area contributed by atoms with Crippen LogP contribution in [0.25, 0.3) is 22.2 Å². The Balaban J connectivity index is 1.59. The summed E-state index contributed by atoms with van der Waals surface area (Å²) in [5.74, 6) is 0.440. The Kier molecular flexibility index (Phi) is 7.51. The Hall–Kier alpha value is -3.04. The smallest absolute Gasteiger partial charge is 0.272 e. The first-order chi connectivity index (χ1) is 16.1. The molecule has 4 aromatic rings. The quantitative estimate of drug-likeness (QED) is 0.111. The highest BCUT2D eigenvalue weighted by molar-refractivity contribution is 14.1. The molecule has 1 aromatic heterocycles. The van der Waals surface area contributed by atoms with Gasteiger partial charge in [0, 0.05) is 10.9 Å². The molecule has 7 heteroatoms. The zero-order valence-electron chi connectivity index (χ0n) is 17.5. The van der Waals surface area contributed by atoms with Gasteiger partial charge < -0.3 is 4.74 Å². The van der Waals surface area contributed by atoms with E-state index in [4.69, 9.17) is 9.72 Å². The first-order valence-electron chi connectivity index (χ1n) is 10.1. The summed E-state index contributed by atoms with van der Waals surface area (Å²) in [5.41, 5.74) is 6.41. The molecule has 0 radical (unpaired) electrons. The number of hydrogen-bond donors (Lipinski definition) is 1. The molecule has 164 valence electrons. The standard InChI is InChI=1S/C26H19BrIN3O2/c1-2-12-33-25-21(27)13-17(14-22(25)28)16-29-31-26(32)20-15-24(18-8-4-3-5-9-18)30-23-11-7-6-10-19(20)23/h2-11,13-16H,1,12H2,(H,31,32)/b29-16+. The molecule has 0 spiro atoms. The minimum atomic E-state index is -0.304. The SMILES string of the molecule is C=CCOc1c(Br)cc(/C=N/NC(=O)c2cc(-c3ccccc3)nc3ccccc23)cc1I. The Bertz CT molecular complexity index is 1330. The summed E-state index contributed by atoms with van der Waals surface area (Å²) in [6.07, 6.45) is 3.29. The van der Waals surface area contributed by atoms with Crippen LogP contribution >= 0.6 is 38.5 Å². The molecule has 0 unspecified atom stereocenters. The van der Waals surface area contributed by atoms with Gasteiger partial charge in [0.15, 0.2) is 0 Å². The molecule has 1 heterocycles. The van der Waals surface area contributed by atoms with Crippen LogP contribution in [0.1, 0.15) is 15.9 Å². The summed E-state index contributed by atoms with van der Waals surface area (Å²) in [7, 11) is 0. The van der Waals surface area contributed by atoms with Crippen molar-refractivity contribution in [1.82, 2.24) is 10.4 Å². The fourth-order valence-electron chi connectivity index (χ4n) is 3.28. The fourth-order valence-corrected chi connectivity index (χ4v) is 5.05. The van der Waals surface area contributed by atoms with Crippen LogP contribution in [0.3, 0.4) is 0 Å². The molecule has 5 nitrogen and oxygen atoms in total. The van der Waals surface area contributed by atoms with Crippen molar-refractivity contribution in [2.45, 2.75) is 0 Å². The highest BCUT2D eigenvalue weighted by Crippen LogP contribution is 2.31. The van der Waals surface area contributed by atoms with Crippen molar-refractivity contribution in [3.8, 4) is 17.0 Å². The number of aromatic nitrogens is 1. The summed E-state index contributed by atoms with van der Waals surface area (Å²) in [6.45, 7) is 4.09. The van der Waals surface area contributed by atoms with Crippen LogP contribution in [0.4, 0.5) is 0 Å². The van der Waals surface area contributed by atoms with Gasteiger partial charge in [-0.25, -0.2) is 10.4 Å². The highest BCUT2D eigenvalue weighted by Gasteiger charge is 2.14. The van der Waals surface area contributed by atoms with Gasteiger partial charge in [-0.3, -0.25) is 4.79 Å². The molecule has 0 aliphatic carbocycles. The molecule has 1 N–H and O–H groups in total. The Labute approximate surface area is 213 Å². The van der Waals surface area contributed by atoms with Crippen molar-refractivity contribution in [2.75, 3.05) is 6.61 Å². The number of nitrogens with one attached hydrogen (secondary N) is 1. The second kappa shape index (κ2) is 10.7. The number of para-hydroxylation sites is 1. The molecular weight excluding hydrogens is 593 g/mol. The van der Waals surface area contributed by atoms with E-state index >= 15 is 0 Å². The average Bonchev–Trinajstić information content (AvgIpc) is 2.83. The summed E-state index contributed by atoms with van der Waals surface area (Å²) in [4.78, 5) is 17.8. The van der Waals surface area contributed by atoms with Crippen LogP contribution in [0.5, 0.6) is 5.75 Å². The monoisotopic (exact) mass is 611 g/mol. The van der Waals surface area contributed by atoms with E-state index in [1.807, 2.05) is 66.7 Å². The summed E-state index contributed by atoms with van der Waals surface area (Å²) in [5, 5.41) is 4.94. The molecule has 0 aliphatic heterocycles. The molecule has 3 aromatic carbocycles. The predicted molar refractivity (Wildman–Crippen MR) is 145 cm³/mol. The average molecular weight is 612 g/mol. The summed E-state index contributed by atoms with van der Waals surface area (Å²) in [6, 6.07) is 23.0. The third kappa shape index (κ3) is 5.48. The number of hydrogen-bond acceptors (Lipinski definition) is 4. The van der Waals surface area contributed by atoms with E-state index in [0.717, 1.165) is 41.5 Å². The molecule has 33 heavy (non-hydrogen) atoms. The van der Waals surface area contributed by atoms with Crippen molar-refractivity contribution in [1.29, 1.82) is 0 Å². The van der Waals surface area contributed by atoms with Gasteiger partial charge in [-0.1, -0.05) is 61.2 Å². The Morgan fingerprint density at radius 1 is 1.12 bits per heavy atom. The molecule has 0 saturated carbocycles. The van der Waals surface area contributed by atoms with Crippen LogP contribution in [-0.4, -0.2) is 23.7 Å². The Morgan fingerprint density at radius 2 is 1.88 bits per heavy atom. The molecule has 0 saturated heterocycles. The lowest BCUT2D eigenvalue weighted by atomic mass is 10.0. The molecule has 1 amide bonds. The van der Waals surface area contributed by atoms with E-state index in [0.29, 0.717) is 12.2 Å². The maximum atomic E-state index is 13.0. The van der Waals surface area contributed by atoms with Gasteiger partial charge in [0.05, 0.1) is 31.0 Å². The van der Waals surface area contributed by atoms with E-state index < -0.39 is 0 Å². The third-order valence-electron chi connectivity index (χ3n) is 4.78. The maximum absolute atomic E-state index is 13.0. The summed E-state index contributed by atoms with van der Waals surface area (Å²) < 4.78 is 7.39. The minimum absolute atomic E-state index is 0.304. The van der Waals surface area contributed by atoms with Crippen LogP contribution in [0.15, 0.2) is 95.0 Å². The molecule has 0 bridgehead atoms. The van der Waals surface area contributed by atoms with Gasteiger partial charge in [0.25, 0.3) is 5.91 Å². The first-order valence-corrected chi connectivity index (χ1v) is 12.0. The molecule has 0 aliphatic rings. The largest absolute Gasteiger partial charge is 0.487 e. The lowest BCUT2D eigenvalue weighted by Gasteiger charge is -2.10. The van der Waals surface area contributed by atoms with Crippen LogP contribution in [0.2, 0.25) is 0 Å². The second-order valence-electron chi connectivity index (χ2n) is 7.05.